The van der Waals surface area contributed by atoms with Gasteiger partial charge in [0, 0.05) is 19.2 Å². The minimum atomic E-state index is 0.103. The van der Waals surface area contributed by atoms with Gasteiger partial charge in [0.1, 0.15) is 12.4 Å². The summed E-state index contributed by atoms with van der Waals surface area (Å²) in [6.07, 6.45) is 4.77. The third kappa shape index (κ3) is 1.56. The fourth-order valence-corrected chi connectivity index (χ4v) is 1.70. The number of aromatic nitrogens is 3. The van der Waals surface area contributed by atoms with Crippen molar-refractivity contribution in [3.8, 4) is 0 Å². The van der Waals surface area contributed by atoms with Gasteiger partial charge in [-0.1, -0.05) is 20.8 Å². The Kier molecular flexibility index (Phi) is 2.13. The Bertz CT molecular complexity index is 345. The van der Waals surface area contributed by atoms with Crippen molar-refractivity contribution in [2.45, 2.75) is 39.8 Å². The van der Waals surface area contributed by atoms with Crippen LogP contribution in [0, 0.1) is 5.41 Å². The van der Waals surface area contributed by atoms with Gasteiger partial charge in [-0.3, -0.25) is 4.99 Å². The first kappa shape index (κ1) is 9.37. The van der Waals surface area contributed by atoms with Crippen LogP contribution in [0.5, 0.6) is 0 Å². The standard InChI is InChI=1S/C10H16N4/c1-10(2,3)8-9-13-12-7-14(9)6-4-5-11-8/h5,7-8H,4,6H2,1-3H3. The van der Waals surface area contributed by atoms with Crippen LogP contribution in [0.3, 0.4) is 0 Å². The Morgan fingerprint density at radius 2 is 2.21 bits per heavy atom. The number of rotatable bonds is 0. The van der Waals surface area contributed by atoms with Crippen LogP contribution in [0.1, 0.15) is 39.1 Å². The van der Waals surface area contributed by atoms with E-state index in [9.17, 15) is 0 Å². The summed E-state index contributed by atoms with van der Waals surface area (Å²) in [5, 5.41) is 8.11. The third-order valence-corrected chi connectivity index (χ3v) is 2.46. The maximum atomic E-state index is 4.56. The molecule has 0 aromatic carbocycles. The number of aliphatic imine (C=N–C) groups is 1. The lowest BCUT2D eigenvalue weighted by atomic mass is 9.86. The number of hydrogen-bond donors (Lipinski definition) is 0. The van der Waals surface area contributed by atoms with Crippen molar-refractivity contribution in [1.29, 1.82) is 0 Å². The summed E-state index contributed by atoms with van der Waals surface area (Å²) in [6, 6.07) is 0.132. The molecule has 14 heavy (non-hydrogen) atoms. The van der Waals surface area contributed by atoms with Gasteiger partial charge in [0.2, 0.25) is 0 Å². The number of hydrogen-bond acceptors (Lipinski definition) is 3. The molecule has 0 amide bonds. The average Bonchev–Trinajstić information content (AvgIpc) is 2.42. The number of fused-ring (bicyclic) bond motifs is 1. The smallest absolute Gasteiger partial charge is 0.158 e. The summed E-state index contributed by atoms with van der Waals surface area (Å²) in [4.78, 5) is 4.56. The zero-order chi connectivity index (χ0) is 10.2. The lowest BCUT2D eigenvalue weighted by Gasteiger charge is -2.25. The lowest BCUT2D eigenvalue weighted by molar-refractivity contribution is 0.313. The second-order valence-electron chi connectivity index (χ2n) is 4.77. The molecule has 2 heterocycles. The highest BCUT2D eigenvalue weighted by atomic mass is 15.3. The predicted octanol–water partition coefficient (Wildman–Crippen LogP) is 1.84. The summed E-state index contributed by atoms with van der Waals surface area (Å²) in [5.74, 6) is 0.992. The lowest BCUT2D eigenvalue weighted by Crippen LogP contribution is -2.19. The molecule has 4 nitrogen and oxygen atoms in total. The molecule has 2 rings (SSSR count). The molecule has 0 spiro atoms. The molecule has 1 unspecified atom stereocenters. The molecule has 1 aromatic heterocycles. The Labute approximate surface area is 84.1 Å². The van der Waals surface area contributed by atoms with E-state index in [4.69, 9.17) is 0 Å². The SMILES string of the molecule is CC(C)(C)C1N=CCCn2cnnc21. The van der Waals surface area contributed by atoms with Gasteiger partial charge in [-0.2, -0.15) is 0 Å². The van der Waals surface area contributed by atoms with Crippen LogP contribution < -0.4 is 0 Å². The minimum Gasteiger partial charge on any atom is -0.315 e. The molecule has 0 saturated heterocycles. The van der Waals surface area contributed by atoms with Crippen molar-refractivity contribution in [1.82, 2.24) is 14.8 Å². The molecule has 1 aromatic rings. The van der Waals surface area contributed by atoms with E-state index in [1.165, 1.54) is 0 Å². The largest absolute Gasteiger partial charge is 0.315 e. The highest BCUT2D eigenvalue weighted by Crippen LogP contribution is 2.35. The maximum Gasteiger partial charge on any atom is 0.158 e. The van der Waals surface area contributed by atoms with Crippen molar-refractivity contribution < 1.29 is 0 Å². The van der Waals surface area contributed by atoms with Crippen molar-refractivity contribution in [2.75, 3.05) is 0 Å². The van der Waals surface area contributed by atoms with Gasteiger partial charge in [0.25, 0.3) is 0 Å². The Morgan fingerprint density at radius 3 is 2.93 bits per heavy atom. The Balaban J connectivity index is 2.43. The number of aryl methyl sites for hydroxylation is 1. The molecular weight excluding hydrogens is 176 g/mol. The topological polar surface area (TPSA) is 43.1 Å². The molecule has 0 fully saturated rings. The van der Waals surface area contributed by atoms with Gasteiger partial charge >= 0.3 is 0 Å². The molecular formula is C10H16N4. The van der Waals surface area contributed by atoms with E-state index in [0.717, 1.165) is 18.8 Å². The van der Waals surface area contributed by atoms with Crippen LogP contribution in [-0.4, -0.2) is 21.0 Å². The van der Waals surface area contributed by atoms with Gasteiger partial charge in [0.15, 0.2) is 5.82 Å². The summed E-state index contributed by atoms with van der Waals surface area (Å²) in [7, 11) is 0. The minimum absolute atomic E-state index is 0.103. The van der Waals surface area contributed by atoms with Crippen molar-refractivity contribution in [2.24, 2.45) is 10.4 Å². The van der Waals surface area contributed by atoms with Crippen molar-refractivity contribution >= 4 is 6.21 Å². The highest BCUT2D eigenvalue weighted by Gasteiger charge is 2.30. The van der Waals surface area contributed by atoms with E-state index in [-0.39, 0.29) is 11.5 Å². The quantitative estimate of drug-likeness (QED) is 0.629. The van der Waals surface area contributed by atoms with Crippen LogP contribution in [-0.2, 0) is 6.54 Å². The third-order valence-electron chi connectivity index (χ3n) is 2.46. The van der Waals surface area contributed by atoms with Crippen LogP contribution >= 0.6 is 0 Å². The molecule has 0 N–H and O–H groups in total. The van der Waals surface area contributed by atoms with Gasteiger partial charge < -0.3 is 4.57 Å². The fourth-order valence-electron chi connectivity index (χ4n) is 1.70. The van der Waals surface area contributed by atoms with E-state index in [1.807, 2.05) is 6.21 Å². The average molecular weight is 192 g/mol. The van der Waals surface area contributed by atoms with Crippen LogP contribution in [0.4, 0.5) is 0 Å². The van der Waals surface area contributed by atoms with Gasteiger partial charge in [-0.05, 0) is 5.41 Å². The molecule has 1 aliphatic heterocycles. The Hall–Kier alpha value is -1.19. The molecule has 0 saturated carbocycles. The van der Waals surface area contributed by atoms with E-state index in [2.05, 4.69) is 40.5 Å². The van der Waals surface area contributed by atoms with Crippen LogP contribution in [0.25, 0.3) is 0 Å². The van der Waals surface area contributed by atoms with Gasteiger partial charge in [0.05, 0.1) is 0 Å². The summed E-state index contributed by atoms with van der Waals surface area (Å²) in [5.41, 5.74) is 0.103. The monoisotopic (exact) mass is 192 g/mol. The summed E-state index contributed by atoms with van der Waals surface area (Å²) < 4.78 is 2.10. The molecule has 1 aliphatic rings. The normalized spacial score (nSPS) is 21.8. The highest BCUT2D eigenvalue weighted by molar-refractivity contribution is 5.58. The maximum absolute atomic E-state index is 4.56. The second-order valence-corrected chi connectivity index (χ2v) is 4.77. The molecule has 0 aliphatic carbocycles. The zero-order valence-corrected chi connectivity index (χ0v) is 8.94. The first-order valence-electron chi connectivity index (χ1n) is 4.98. The van der Waals surface area contributed by atoms with E-state index in [0.29, 0.717) is 0 Å². The Morgan fingerprint density at radius 1 is 1.43 bits per heavy atom. The molecule has 76 valence electrons. The van der Waals surface area contributed by atoms with Crippen molar-refractivity contribution in [3.05, 3.63) is 12.2 Å². The van der Waals surface area contributed by atoms with Crippen LogP contribution in [0.2, 0.25) is 0 Å². The van der Waals surface area contributed by atoms with E-state index in [1.54, 1.807) is 6.33 Å². The predicted molar refractivity (Wildman–Crippen MR) is 55.3 cm³/mol. The fraction of sp³-hybridized carbons (Fsp3) is 0.700. The molecule has 0 bridgehead atoms. The van der Waals surface area contributed by atoms with E-state index < -0.39 is 0 Å². The zero-order valence-electron chi connectivity index (χ0n) is 8.94. The summed E-state index contributed by atoms with van der Waals surface area (Å²) >= 11 is 0. The first-order valence-corrected chi connectivity index (χ1v) is 4.98. The second kappa shape index (κ2) is 3.19. The van der Waals surface area contributed by atoms with Crippen LogP contribution in [0.15, 0.2) is 11.3 Å². The molecule has 1 atom stereocenters. The molecule has 0 radical (unpaired) electrons. The van der Waals surface area contributed by atoms with E-state index >= 15 is 0 Å². The molecule has 4 heteroatoms. The van der Waals surface area contributed by atoms with Gasteiger partial charge in [-0.15, -0.1) is 10.2 Å². The van der Waals surface area contributed by atoms with Crippen molar-refractivity contribution in [3.63, 3.8) is 0 Å². The number of nitrogens with zero attached hydrogens (tertiary/aromatic N) is 4. The van der Waals surface area contributed by atoms with Gasteiger partial charge in [-0.25, -0.2) is 0 Å². The summed E-state index contributed by atoms with van der Waals surface area (Å²) in [6.45, 7) is 7.48. The first-order chi connectivity index (χ1) is 6.59.